The lowest BCUT2D eigenvalue weighted by Crippen LogP contribution is -2.38. The molecule has 108 valence electrons. The van der Waals surface area contributed by atoms with Crippen molar-refractivity contribution in [1.82, 2.24) is 5.32 Å². The second kappa shape index (κ2) is 7.73. The van der Waals surface area contributed by atoms with E-state index in [1.165, 1.54) is 0 Å². The first-order chi connectivity index (χ1) is 8.88. The summed E-state index contributed by atoms with van der Waals surface area (Å²) in [6, 6.07) is 5.76. The predicted octanol–water partition coefficient (Wildman–Crippen LogP) is 3.43. The molecule has 3 nitrogen and oxygen atoms in total. The van der Waals surface area contributed by atoms with Crippen molar-refractivity contribution in [2.24, 2.45) is 0 Å². The molecule has 0 aliphatic carbocycles. The van der Waals surface area contributed by atoms with Gasteiger partial charge in [-0.3, -0.25) is 0 Å². The number of hydrogen-bond donors (Lipinski definition) is 1. The van der Waals surface area contributed by atoms with Gasteiger partial charge in [0.2, 0.25) is 0 Å². The molecule has 0 fully saturated rings. The van der Waals surface area contributed by atoms with E-state index in [2.05, 4.69) is 26.1 Å². The number of halogens is 1. The maximum Gasteiger partial charge on any atom is 0.138 e. The number of aryl methyl sites for hydroxylation is 1. The van der Waals surface area contributed by atoms with Crippen molar-refractivity contribution in [2.75, 3.05) is 26.4 Å². The number of benzene rings is 1. The second-order valence-electron chi connectivity index (χ2n) is 5.57. The molecule has 0 heterocycles. The molecule has 4 heteroatoms. The van der Waals surface area contributed by atoms with Crippen LogP contribution in [0.2, 0.25) is 5.02 Å². The topological polar surface area (TPSA) is 30.5 Å². The van der Waals surface area contributed by atoms with E-state index in [-0.39, 0.29) is 5.54 Å². The molecular formula is C15H24ClNO2. The van der Waals surface area contributed by atoms with Gasteiger partial charge >= 0.3 is 0 Å². The van der Waals surface area contributed by atoms with E-state index >= 15 is 0 Å². The highest BCUT2D eigenvalue weighted by molar-refractivity contribution is 6.32. The van der Waals surface area contributed by atoms with Crippen LogP contribution in [0.3, 0.4) is 0 Å². The minimum atomic E-state index is 0.134. The van der Waals surface area contributed by atoms with E-state index in [1.54, 1.807) is 0 Å². The highest BCUT2D eigenvalue weighted by atomic mass is 35.5. The SMILES string of the molecule is Cc1ccc(OCCOCCNC(C)(C)C)c(Cl)c1. The van der Waals surface area contributed by atoms with Crippen molar-refractivity contribution in [1.29, 1.82) is 0 Å². The summed E-state index contributed by atoms with van der Waals surface area (Å²) in [5.41, 5.74) is 1.26. The van der Waals surface area contributed by atoms with E-state index in [1.807, 2.05) is 25.1 Å². The van der Waals surface area contributed by atoms with E-state index < -0.39 is 0 Å². The molecule has 0 atom stereocenters. The standard InChI is InChI=1S/C15H24ClNO2/c1-12-5-6-14(13(16)11-12)19-10-9-18-8-7-17-15(2,3)4/h5-6,11,17H,7-10H2,1-4H3. The first-order valence-corrected chi connectivity index (χ1v) is 6.98. The average Bonchev–Trinajstić information content (AvgIpc) is 2.29. The fraction of sp³-hybridized carbons (Fsp3) is 0.600. The number of hydrogen-bond acceptors (Lipinski definition) is 3. The molecule has 0 aliphatic rings. The summed E-state index contributed by atoms with van der Waals surface area (Å²) in [6.07, 6.45) is 0. The number of ether oxygens (including phenoxy) is 2. The van der Waals surface area contributed by atoms with Crippen LogP contribution >= 0.6 is 11.6 Å². The molecule has 0 spiro atoms. The lowest BCUT2D eigenvalue weighted by Gasteiger charge is -2.20. The summed E-state index contributed by atoms with van der Waals surface area (Å²) >= 11 is 6.07. The Hall–Kier alpha value is -0.770. The Bertz CT molecular complexity index is 388. The molecule has 1 aromatic carbocycles. The van der Waals surface area contributed by atoms with Crippen molar-refractivity contribution in [3.63, 3.8) is 0 Å². The summed E-state index contributed by atoms with van der Waals surface area (Å²) in [4.78, 5) is 0. The molecule has 1 aromatic rings. The van der Waals surface area contributed by atoms with Gasteiger partial charge in [-0.15, -0.1) is 0 Å². The average molecular weight is 286 g/mol. The zero-order chi connectivity index (χ0) is 14.3. The van der Waals surface area contributed by atoms with Gasteiger partial charge in [0.25, 0.3) is 0 Å². The summed E-state index contributed by atoms with van der Waals surface area (Å²) in [5.74, 6) is 0.712. The Morgan fingerprint density at radius 1 is 1.16 bits per heavy atom. The molecule has 0 bridgehead atoms. The molecule has 0 aliphatic heterocycles. The van der Waals surface area contributed by atoms with Gasteiger partial charge in [0.05, 0.1) is 18.2 Å². The third-order valence-electron chi connectivity index (χ3n) is 2.47. The van der Waals surface area contributed by atoms with E-state index in [0.29, 0.717) is 30.6 Å². The third-order valence-corrected chi connectivity index (χ3v) is 2.77. The summed E-state index contributed by atoms with van der Waals surface area (Å²) < 4.78 is 11.0. The molecule has 19 heavy (non-hydrogen) atoms. The van der Waals surface area contributed by atoms with Gasteiger partial charge in [0, 0.05) is 12.1 Å². The minimum absolute atomic E-state index is 0.134. The summed E-state index contributed by atoms with van der Waals surface area (Å²) in [6.45, 7) is 11.0. The summed E-state index contributed by atoms with van der Waals surface area (Å²) in [5, 5.41) is 4.01. The maximum atomic E-state index is 6.07. The molecule has 1 rings (SSSR count). The highest BCUT2D eigenvalue weighted by Crippen LogP contribution is 2.24. The largest absolute Gasteiger partial charge is 0.490 e. The highest BCUT2D eigenvalue weighted by Gasteiger charge is 2.07. The van der Waals surface area contributed by atoms with Crippen LogP contribution in [0.25, 0.3) is 0 Å². The lowest BCUT2D eigenvalue weighted by molar-refractivity contribution is 0.0985. The normalized spacial score (nSPS) is 11.6. The Morgan fingerprint density at radius 3 is 2.53 bits per heavy atom. The molecule has 1 N–H and O–H groups in total. The smallest absolute Gasteiger partial charge is 0.138 e. The fourth-order valence-corrected chi connectivity index (χ4v) is 1.82. The number of rotatable bonds is 7. The van der Waals surface area contributed by atoms with Gasteiger partial charge in [-0.25, -0.2) is 0 Å². The van der Waals surface area contributed by atoms with Gasteiger partial charge in [0.15, 0.2) is 0 Å². The Balaban J connectivity index is 2.11. The second-order valence-corrected chi connectivity index (χ2v) is 5.98. The van der Waals surface area contributed by atoms with Crippen molar-refractivity contribution < 1.29 is 9.47 Å². The van der Waals surface area contributed by atoms with E-state index in [4.69, 9.17) is 21.1 Å². The van der Waals surface area contributed by atoms with Gasteiger partial charge in [0.1, 0.15) is 12.4 Å². The van der Waals surface area contributed by atoms with Crippen molar-refractivity contribution >= 4 is 11.6 Å². The molecule has 0 unspecified atom stereocenters. The van der Waals surface area contributed by atoms with Gasteiger partial charge in [-0.2, -0.15) is 0 Å². The quantitative estimate of drug-likeness (QED) is 0.779. The molecule has 0 radical (unpaired) electrons. The first-order valence-electron chi connectivity index (χ1n) is 6.60. The maximum absolute atomic E-state index is 6.07. The molecular weight excluding hydrogens is 262 g/mol. The first kappa shape index (κ1) is 16.3. The molecule has 0 aromatic heterocycles. The summed E-state index contributed by atoms with van der Waals surface area (Å²) in [7, 11) is 0. The van der Waals surface area contributed by atoms with Gasteiger partial charge in [-0.1, -0.05) is 17.7 Å². The lowest BCUT2D eigenvalue weighted by atomic mass is 10.1. The van der Waals surface area contributed by atoms with Crippen LogP contribution in [-0.4, -0.2) is 31.9 Å². The van der Waals surface area contributed by atoms with Crippen LogP contribution < -0.4 is 10.1 Å². The Kier molecular flexibility index (Phi) is 6.63. The van der Waals surface area contributed by atoms with Crippen molar-refractivity contribution in [3.8, 4) is 5.75 Å². The van der Waals surface area contributed by atoms with Crippen LogP contribution in [0.1, 0.15) is 26.3 Å². The van der Waals surface area contributed by atoms with Crippen molar-refractivity contribution in [2.45, 2.75) is 33.2 Å². The van der Waals surface area contributed by atoms with Crippen LogP contribution in [0.4, 0.5) is 0 Å². The van der Waals surface area contributed by atoms with Crippen LogP contribution in [0.5, 0.6) is 5.75 Å². The van der Waals surface area contributed by atoms with Gasteiger partial charge in [-0.05, 0) is 45.4 Å². The Labute approximate surface area is 121 Å². The predicted molar refractivity (Wildman–Crippen MR) is 80.3 cm³/mol. The molecule has 0 saturated heterocycles. The monoisotopic (exact) mass is 285 g/mol. The van der Waals surface area contributed by atoms with Crippen molar-refractivity contribution in [3.05, 3.63) is 28.8 Å². The van der Waals surface area contributed by atoms with Crippen LogP contribution in [0, 0.1) is 6.92 Å². The van der Waals surface area contributed by atoms with Crippen LogP contribution in [-0.2, 0) is 4.74 Å². The van der Waals surface area contributed by atoms with E-state index in [0.717, 1.165) is 12.1 Å². The van der Waals surface area contributed by atoms with Crippen LogP contribution in [0.15, 0.2) is 18.2 Å². The van der Waals surface area contributed by atoms with E-state index in [9.17, 15) is 0 Å². The van der Waals surface area contributed by atoms with Gasteiger partial charge < -0.3 is 14.8 Å². The zero-order valence-corrected chi connectivity index (χ0v) is 13.0. The molecule has 0 saturated carbocycles. The number of nitrogens with one attached hydrogen (secondary N) is 1. The molecule has 0 amide bonds. The third kappa shape index (κ3) is 7.41. The Morgan fingerprint density at radius 2 is 1.89 bits per heavy atom. The minimum Gasteiger partial charge on any atom is -0.490 e. The zero-order valence-electron chi connectivity index (χ0n) is 12.3. The fourth-order valence-electron chi connectivity index (χ4n) is 1.53.